The second-order valence-electron chi connectivity index (χ2n) is 4.92. The number of hydrogen-bond donors (Lipinski definition) is 1. The van der Waals surface area contributed by atoms with Gasteiger partial charge in [-0.15, -0.1) is 0 Å². The van der Waals surface area contributed by atoms with Crippen molar-refractivity contribution in [2.75, 3.05) is 25.6 Å². The van der Waals surface area contributed by atoms with Crippen LogP contribution in [0.25, 0.3) is 0 Å². The summed E-state index contributed by atoms with van der Waals surface area (Å²) in [4.78, 5) is 0.502. The van der Waals surface area contributed by atoms with Gasteiger partial charge in [-0.2, -0.15) is 0 Å². The van der Waals surface area contributed by atoms with E-state index in [1.54, 1.807) is 12.1 Å². The molecular formula is C14H19NO4S2. The highest BCUT2D eigenvalue weighted by atomic mass is 32.2. The van der Waals surface area contributed by atoms with Gasteiger partial charge in [-0.1, -0.05) is 24.4 Å². The molecule has 0 radical (unpaired) electrons. The molecule has 1 aliphatic rings. The summed E-state index contributed by atoms with van der Waals surface area (Å²) < 4.78 is 35.1. The van der Waals surface area contributed by atoms with Gasteiger partial charge in [0.25, 0.3) is 0 Å². The third-order valence-corrected chi connectivity index (χ3v) is 5.25. The third-order valence-electron chi connectivity index (χ3n) is 3.32. The maximum absolute atomic E-state index is 12.1. The molecule has 0 saturated carbocycles. The lowest BCUT2D eigenvalue weighted by molar-refractivity contribution is 0.0223. The number of nitrogens with two attached hydrogens (primary N) is 1. The Morgan fingerprint density at radius 2 is 2.10 bits per heavy atom. The molecule has 1 unspecified atom stereocenters. The fourth-order valence-electron chi connectivity index (χ4n) is 2.10. The van der Waals surface area contributed by atoms with E-state index in [9.17, 15) is 8.42 Å². The van der Waals surface area contributed by atoms with Crippen molar-refractivity contribution >= 4 is 27.0 Å². The topological polar surface area (TPSA) is 78.6 Å². The molecule has 1 atom stereocenters. The molecule has 7 heteroatoms. The Morgan fingerprint density at radius 1 is 1.38 bits per heavy atom. The van der Waals surface area contributed by atoms with Crippen molar-refractivity contribution < 1.29 is 17.9 Å². The summed E-state index contributed by atoms with van der Waals surface area (Å²) in [5, 5.41) is 0. The lowest BCUT2D eigenvalue weighted by atomic mass is 10.2. The van der Waals surface area contributed by atoms with Crippen LogP contribution >= 0.6 is 12.2 Å². The summed E-state index contributed by atoms with van der Waals surface area (Å²) in [6.45, 7) is 1.39. The van der Waals surface area contributed by atoms with Gasteiger partial charge in [0.15, 0.2) is 9.84 Å². The van der Waals surface area contributed by atoms with Crippen LogP contribution in [0, 0.1) is 0 Å². The standard InChI is InChI=1S/C14H19NO4S2/c15-14(20)11-3-5-13(6-4-11)21(16,17)9-8-18-10-12-2-1-7-19-12/h3-6,12H,1-2,7-10H2,(H2,15,20). The fraction of sp³-hybridized carbons (Fsp3) is 0.500. The van der Waals surface area contributed by atoms with E-state index in [1.807, 2.05) is 0 Å². The van der Waals surface area contributed by atoms with Crippen LogP contribution in [-0.4, -0.2) is 45.1 Å². The van der Waals surface area contributed by atoms with Crippen molar-refractivity contribution in [3.8, 4) is 0 Å². The molecule has 0 bridgehead atoms. The first kappa shape index (κ1) is 16.4. The SMILES string of the molecule is NC(=S)c1ccc(S(=O)(=O)CCOCC2CCCO2)cc1. The highest BCUT2D eigenvalue weighted by Gasteiger charge is 2.17. The monoisotopic (exact) mass is 329 g/mol. The molecule has 1 fully saturated rings. The Bertz CT molecular complexity index is 577. The molecule has 1 heterocycles. The molecule has 1 aliphatic heterocycles. The molecule has 5 nitrogen and oxygen atoms in total. The average molecular weight is 329 g/mol. The number of rotatable bonds is 7. The van der Waals surface area contributed by atoms with Gasteiger partial charge in [0.1, 0.15) is 4.99 Å². The molecule has 116 valence electrons. The fourth-order valence-corrected chi connectivity index (χ4v) is 3.36. The smallest absolute Gasteiger partial charge is 0.180 e. The maximum atomic E-state index is 12.1. The van der Waals surface area contributed by atoms with E-state index < -0.39 is 9.84 Å². The van der Waals surface area contributed by atoms with Gasteiger partial charge in [-0.3, -0.25) is 0 Å². The van der Waals surface area contributed by atoms with E-state index in [2.05, 4.69) is 0 Å². The van der Waals surface area contributed by atoms with Gasteiger partial charge in [0.05, 0.1) is 30.0 Å². The minimum Gasteiger partial charge on any atom is -0.389 e. The van der Waals surface area contributed by atoms with Crippen LogP contribution in [0.4, 0.5) is 0 Å². The Hall–Kier alpha value is -1.02. The number of sulfone groups is 1. The van der Waals surface area contributed by atoms with Crippen molar-refractivity contribution in [2.45, 2.75) is 23.8 Å². The molecule has 2 N–H and O–H groups in total. The number of benzene rings is 1. The molecule has 0 aromatic heterocycles. The summed E-state index contributed by atoms with van der Waals surface area (Å²) in [6, 6.07) is 6.26. The zero-order valence-corrected chi connectivity index (χ0v) is 13.3. The number of hydrogen-bond acceptors (Lipinski definition) is 5. The lowest BCUT2D eigenvalue weighted by Gasteiger charge is -2.10. The summed E-state index contributed by atoms with van der Waals surface area (Å²) >= 11 is 4.83. The van der Waals surface area contributed by atoms with Crippen molar-refractivity contribution in [2.24, 2.45) is 5.73 Å². The summed E-state index contributed by atoms with van der Waals surface area (Å²) in [5.41, 5.74) is 6.13. The van der Waals surface area contributed by atoms with Crippen LogP contribution in [0.2, 0.25) is 0 Å². The molecule has 0 amide bonds. The predicted molar refractivity (Wildman–Crippen MR) is 84.2 cm³/mol. The Morgan fingerprint density at radius 3 is 2.67 bits per heavy atom. The molecule has 2 rings (SSSR count). The summed E-state index contributed by atoms with van der Waals surface area (Å²) in [7, 11) is -3.35. The van der Waals surface area contributed by atoms with E-state index in [0.29, 0.717) is 12.2 Å². The molecule has 1 aromatic rings. The van der Waals surface area contributed by atoms with E-state index in [4.69, 9.17) is 27.4 Å². The maximum Gasteiger partial charge on any atom is 0.180 e. The van der Waals surface area contributed by atoms with Crippen molar-refractivity contribution in [1.29, 1.82) is 0 Å². The Kier molecular flexibility index (Phi) is 5.69. The minimum atomic E-state index is -3.35. The summed E-state index contributed by atoms with van der Waals surface area (Å²) in [6.07, 6.45) is 2.13. The predicted octanol–water partition coefficient (Wildman–Crippen LogP) is 1.29. The normalized spacial score (nSPS) is 18.8. The molecule has 21 heavy (non-hydrogen) atoms. The van der Waals surface area contributed by atoms with Crippen molar-refractivity contribution in [3.05, 3.63) is 29.8 Å². The molecule has 1 saturated heterocycles. The van der Waals surface area contributed by atoms with Gasteiger partial charge in [-0.25, -0.2) is 8.42 Å². The van der Waals surface area contributed by atoms with E-state index in [1.165, 1.54) is 12.1 Å². The van der Waals surface area contributed by atoms with Gasteiger partial charge >= 0.3 is 0 Å². The molecule has 0 spiro atoms. The van der Waals surface area contributed by atoms with Crippen LogP contribution in [0.15, 0.2) is 29.2 Å². The number of thiocarbonyl (C=S) groups is 1. The Labute approximate surface area is 130 Å². The van der Waals surface area contributed by atoms with Crippen LogP contribution in [0.5, 0.6) is 0 Å². The van der Waals surface area contributed by atoms with Crippen LogP contribution in [0.1, 0.15) is 18.4 Å². The first-order valence-electron chi connectivity index (χ1n) is 6.81. The molecule has 0 aliphatic carbocycles. The van der Waals surface area contributed by atoms with Crippen LogP contribution in [-0.2, 0) is 19.3 Å². The Balaban J connectivity index is 1.84. The first-order chi connectivity index (χ1) is 9.99. The zero-order valence-electron chi connectivity index (χ0n) is 11.7. The van der Waals surface area contributed by atoms with E-state index >= 15 is 0 Å². The quantitative estimate of drug-likeness (QED) is 0.600. The third kappa shape index (κ3) is 4.74. The van der Waals surface area contributed by atoms with Gasteiger partial charge in [0, 0.05) is 12.2 Å². The van der Waals surface area contributed by atoms with Gasteiger partial charge in [0.2, 0.25) is 0 Å². The second kappa shape index (κ2) is 7.31. The largest absolute Gasteiger partial charge is 0.389 e. The van der Waals surface area contributed by atoms with E-state index in [-0.39, 0.29) is 28.3 Å². The summed E-state index contributed by atoms with van der Waals surface area (Å²) in [5.74, 6) is -0.0495. The number of ether oxygens (including phenoxy) is 2. The second-order valence-corrected chi connectivity index (χ2v) is 7.47. The van der Waals surface area contributed by atoms with Crippen molar-refractivity contribution in [3.63, 3.8) is 0 Å². The van der Waals surface area contributed by atoms with E-state index in [0.717, 1.165) is 19.4 Å². The highest BCUT2D eigenvalue weighted by Crippen LogP contribution is 2.14. The van der Waals surface area contributed by atoms with Gasteiger partial charge < -0.3 is 15.2 Å². The lowest BCUT2D eigenvalue weighted by Crippen LogP contribution is -2.19. The molecular weight excluding hydrogens is 310 g/mol. The minimum absolute atomic E-state index is 0.0495. The highest BCUT2D eigenvalue weighted by molar-refractivity contribution is 7.91. The van der Waals surface area contributed by atoms with Gasteiger partial charge in [-0.05, 0) is 25.0 Å². The average Bonchev–Trinajstić information content (AvgIpc) is 2.97. The first-order valence-corrected chi connectivity index (χ1v) is 8.87. The van der Waals surface area contributed by atoms with Crippen LogP contribution in [0.3, 0.4) is 0 Å². The zero-order chi connectivity index (χ0) is 15.3. The molecule has 1 aromatic carbocycles. The van der Waals surface area contributed by atoms with Crippen LogP contribution < -0.4 is 5.73 Å². The van der Waals surface area contributed by atoms with Crippen molar-refractivity contribution in [1.82, 2.24) is 0 Å².